The minimum atomic E-state index is 0.0551. The fraction of sp³-hybridized carbons (Fsp3) is 0.533. The first-order valence-electron chi connectivity index (χ1n) is 6.83. The maximum absolute atomic E-state index is 12.1. The van der Waals surface area contributed by atoms with Crippen LogP contribution in [-0.4, -0.2) is 30.5 Å². The van der Waals surface area contributed by atoms with Crippen LogP contribution in [-0.2, 0) is 4.79 Å². The highest BCUT2D eigenvalue weighted by Crippen LogP contribution is 2.25. The first kappa shape index (κ1) is 14.2. The molecule has 1 aromatic rings. The number of benzene rings is 1. The molecule has 0 saturated carbocycles. The molecule has 104 valence electrons. The van der Waals surface area contributed by atoms with Gasteiger partial charge >= 0.3 is 0 Å². The van der Waals surface area contributed by atoms with Crippen LogP contribution in [0.1, 0.15) is 31.2 Å². The maximum atomic E-state index is 12.1. The van der Waals surface area contributed by atoms with Crippen LogP contribution >= 0.6 is 11.6 Å². The molecule has 4 heteroatoms. The summed E-state index contributed by atoms with van der Waals surface area (Å²) in [6.45, 7) is 3.75. The average Bonchev–Trinajstić information content (AvgIpc) is 2.68. The number of ether oxygens (including phenoxy) is 1. The van der Waals surface area contributed by atoms with Crippen molar-refractivity contribution in [3.8, 4) is 5.75 Å². The first-order chi connectivity index (χ1) is 9.16. The van der Waals surface area contributed by atoms with Gasteiger partial charge in [-0.25, -0.2) is 0 Å². The third-order valence-electron chi connectivity index (χ3n) is 3.40. The zero-order valence-corrected chi connectivity index (χ0v) is 12.1. The molecule has 0 N–H and O–H groups in total. The topological polar surface area (TPSA) is 29.5 Å². The van der Waals surface area contributed by atoms with Gasteiger partial charge in [0.05, 0.1) is 5.02 Å². The summed E-state index contributed by atoms with van der Waals surface area (Å²) in [5.74, 6) is 0.643. The third-order valence-corrected chi connectivity index (χ3v) is 3.71. The van der Waals surface area contributed by atoms with Gasteiger partial charge in [0.1, 0.15) is 5.75 Å². The number of hydrogen-bond acceptors (Lipinski definition) is 2. The molecule has 0 aliphatic carbocycles. The molecule has 0 unspecified atom stereocenters. The van der Waals surface area contributed by atoms with Gasteiger partial charge < -0.3 is 9.64 Å². The zero-order chi connectivity index (χ0) is 13.7. The van der Waals surface area contributed by atoms with Gasteiger partial charge in [0.2, 0.25) is 0 Å². The van der Waals surface area contributed by atoms with Crippen LogP contribution in [0.3, 0.4) is 0 Å². The van der Waals surface area contributed by atoms with Crippen molar-refractivity contribution in [2.45, 2.75) is 32.6 Å². The van der Waals surface area contributed by atoms with Crippen molar-refractivity contribution in [1.29, 1.82) is 0 Å². The van der Waals surface area contributed by atoms with Crippen molar-refractivity contribution < 1.29 is 9.53 Å². The summed E-state index contributed by atoms with van der Waals surface area (Å²) in [4.78, 5) is 14.0. The normalized spacial score (nSPS) is 16.0. The molecule has 0 radical (unpaired) electrons. The number of aryl methyl sites for hydroxylation is 1. The number of carbonyl (C=O) groups excluding carboxylic acids is 1. The van der Waals surface area contributed by atoms with E-state index in [1.807, 2.05) is 24.0 Å². The largest absolute Gasteiger partial charge is 0.482 e. The van der Waals surface area contributed by atoms with Gasteiger partial charge in [-0.15, -0.1) is 0 Å². The summed E-state index contributed by atoms with van der Waals surface area (Å²) in [6, 6.07) is 5.58. The molecule has 1 saturated heterocycles. The summed E-state index contributed by atoms with van der Waals surface area (Å²) in [7, 11) is 0. The SMILES string of the molecule is Cc1ccc(Cl)c(OCC(=O)N2CCCCCC2)c1. The van der Waals surface area contributed by atoms with Crippen LogP contribution in [0.15, 0.2) is 18.2 Å². The van der Waals surface area contributed by atoms with E-state index in [4.69, 9.17) is 16.3 Å². The molecule has 1 aliphatic heterocycles. The quantitative estimate of drug-likeness (QED) is 0.849. The van der Waals surface area contributed by atoms with E-state index in [2.05, 4.69) is 0 Å². The first-order valence-corrected chi connectivity index (χ1v) is 7.21. The maximum Gasteiger partial charge on any atom is 0.260 e. The van der Waals surface area contributed by atoms with E-state index in [9.17, 15) is 4.79 Å². The zero-order valence-electron chi connectivity index (χ0n) is 11.3. The van der Waals surface area contributed by atoms with Crippen molar-refractivity contribution in [3.63, 3.8) is 0 Å². The predicted octanol–water partition coefficient (Wildman–Crippen LogP) is 3.43. The van der Waals surface area contributed by atoms with E-state index in [0.717, 1.165) is 31.5 Å². The van der Waals surface area contributed by atoms with Crippen LogP contribution in [0.5, 0.6) is 5.75 Å². The van der Waals surface area contributed by atoms with Crippen molar-refractivity contribution >= 4 is 17.5 Å². The number of halogens is 1. The molecule has 1 aliphatic rings. The minimum Gasteiger partial charge on any atom is -0.482 e. The number of nitrogens with zero attached hydrogens (tertiary/aromatic N) is 1. The highest BCUT2D eigenvalue weighted by atomic mass is 35.5. The van der Waals surface area contributed by atoms with Gasteiger partial charge in [-0.2, -0.15) is 0 Å². The minimum absolute atomic E-state index is 0.0551. The van der Waals surface area contributed by atoms with E-state index < -0.39 is 0 Å². The molecule has 3 nitrogen and oxygen atoms in total. The Balaban J connectivity index is 1.90. The molecule has 1 heterocycles. The second-order valence-electron chi connectivity index (χ2n) is 5.02. The third kappa shape index (κ3) is 4.13. The Morgan fingerprint density at radius 3 is 2.63 bits per heavy atom. The number of rotatable bonds is 3. The summed E-state index contributed by atoms with van der Waals surface area (Å²) in [6.07, 6.45) is 4.62. The van der Waals surface area contributed by atoms with E-state index in [-0.39, 0.29) is 12.5 Å². The van der Waals surface area contributed by atoms with Crippen molar-refractivity contribution in [3.05, 3.63) is 28.8 Å². The molecule has 2 rings (SSSR count). The average molecular weight is 282 g/mol. The van der Waals surface area contributed by atoms with Crippen LogP contribution < -0.4 is 4.74 Å². The second kappa shape index (κ2) is 6.80. The van der Waals surface area contributed by atoms with Gasteiger partial charge in [0, 0.05) is 13.1 Å². The fourth-order valence-corrected chi connectivity index (χ4v) is 2.44. The molecule has 0 aromatic heterocycles. The molecule has 0 atom stereocenters. The summed E-state index contributed by atoms with van der Waals surface area (Å²) in [5, 5.41) is 0.550. The van der Waals surface area contributed by atoms with Crippen LogP contribution in [0.4, 0.5) is 0 Å². The van der Waals surface area contributed by atoms with Gasteiger partial charge in [-0.05, 0) is 37.5 Å². The number of carbonyl (C=O) groups is 1. The predicted molar refractivity (Wildman–Crippen MR) is 76.7 cm³/mol. The van der Waals surface area contributed by atoms with Gasteiger partial charge in [0.25, 0.3) is 5.91 Å². The molecule has 0 spiro atoms. The lowest BCUT2D eigenvalue weighted by Crippen LogP contribution is -2.35. The number of likely N-dealkylation sites (tertiary alicyclic amines) is 1. The summed E-state index contributed by atoms with van der Waals surface area (Å²) >= 11 is 6.04. The summed E-state index contributed by atoms with van der Waals surface area (Å²) in [5.41, 5.74) is 1.07. The Hall–Kier alpha value is -1.22. The van der Waals surface area contributed by atoms with Gasteiger partial charge in [-0.3, -0.25) is 4.79 Å². The lowest BCUT2D eigenvalue weighted by Gasteiger charge is -2.20. The van der Waals surface area contributed by atoms with Crippen molar-refractivity contribution in [1.82, 2.24) is 4.90 Å². The number of amides is 1. The molecule has 1 aromatic carbocycles. The fourth-order valence-electron chi connectivity index (χ4n) is 2.27. The summed E-state index contributed by atoms with van der Waals surface area (Å²) < 4.78 is 5.55. The van der Waals surface area contributed by atoms with Crippen molar-refractivity contribution in [2.75, 3.05) is 19.7 Å². The molecule has 1 fully saturated rings. The molecular formula is C15H20ClNO2. The Kier molecular flexibility index (Phi) is 5.08. The Morgan fingerprint density at radius 1 is 1.26 bits per heavy atom. The Bertz CT molecular complexity index is 440. The van der Waals surface area contributed by atoms with Crippen LogP contribution in [0, 0.1) is 6.92 Å². The monoisotopic (exact) mass is 281 g/mol. The lowest BCUT2D eigenvalue weighted by atomic mass is 10.2. The van der Waals surface area contributed by atoms with E-state index in [1.165, 1.54) is 12.8 Å². The van der Waals surface area contributed by atoms with E-state index in [0.29, 0.717) is 10.8 Å². The van der Waals surface area contributed by atoms with Crippen LogP contribution in [0.2, 0.25) is 5.02 Å². The van der Waals surface area contributed by atoms with Gasteiger partial charge in [0.15, 0.2) is 6.61 Å². The van der Waals surface area contributed by atoms with E-state index >= 15 is 0 Å². The Morgan fingerprint density at radius 2 is 1.95 bits per heavy atom. The molecule has 1 amide bonds. The molecule has 0 bridgehead atoms. The highest BCUT2D eigenvalue weighted by molar-refractivity contribution is 6.32. The molecular weight excluding hydrogens is 262 g/mol. The van der Waals surface area contributed by atoms with Crippen LogP contribution in [0.25, 0.3) is 0 Å². The lowest BCUT2D eigenvalue weighted by molar-refractivity contribution is -0.133. The smallest absolute Gasteiger partial charge is 0.260 e. The second-order valence-corrected chi connectivity index (χ2v) is 5.42. The van der Waals surface area contributed by atoms with E-state index in [1.54, 1.807) is 6.07 Å². The standard InChI is InChI=1S/C15H20ClNO2/c1-12-6-7-13(16)14(10-12)19-11-15(18)17-8-4-2-3-5-9-17/h6-7,10H,2-5,8-9,11H2,1H3. The number of hydrogen-bond donors (Lipinski definition) is 0. The van der Waals surface area contributed by atoms with Crippen molar-refractivity contribution in [2.24, 2.45) is 0 Å². The molecule has 19 heavy (non-hydrogen) atoms. The highest BCUT2D eigenvalue weighted by Gasteiger charge is 2.16. The Labute approximate surface area is 119 Å². The van der Waals surface area contributed by atoms with Gasteiger partial charge in [-0.1, -0.05) is 30.5 Å².